The number of amides is 2. The zero-order valence-corrected chi connectivity index (χ0v) is 22.5. The minimum absolute atomic E-state index is 0.0699. The molecule has 0 heterocycles. The van der Waals surface area contributed by atoms with Gasteiger partial charge < -0.3 is 10.2 Å². The zero-order valence-electron chi connectivity index (χ0n) is 21.8. The Morgan fingerprint density at radius 3 is 2.08 bits per heavy atom. The Kier molecular flexibility index (Phi) is 9.72. The van der Waals surface area contributed by atoms with Crippen LogP contribution in [0.25, 0.3) is 0 Å². The number of aryl methyl sites for hydroxylation is 2. The Morgan fingerprint density at radius 1 is 0.861 bits per heavy atom. The number of hydrogen-bond donors (Lipinski definition) is 1. The molecule has 36 heavy (non-hydrogen) atoms. The third kappa shape index (κ3) is 8.23. The van der Waals surface area contributed by atoms with Crippen LogP contribution in [-0.4, -0.2) is 28.3 Å². The number of halogens is 1. The van der Waals surface area contributed by atoms with Crippen LogP contribution in [0, 0.1) is 0 Å². The van der Waals surface area contributed by atoms with Crippen molar-refractivity contribution < 1.29 is 9.59 Å². The second kappa shape index (κ2) is 12.7. The molecule has 0 aliphatic heterocycles. The molecule has 3 aromatic carbocycles. The molecule has 4 nitrogen and oxygen atoms in total. The number of hydrogen-bond acceptors (Lipinski definition) is 2. The van der Waals surface area contributed by atoms with Gasteiger partial charge in [-0.3, -0.25) is 9.59 Å². The van der Waals surface area contributed by atoms with Crippen LogP contribution in [-0.2, 0) is 35.4 Å². The van der Waals surface area contributed by atoms with Gasteiger partial charge in [-0.1, -0.05) is 91.3 Å². The summed E-state index contributed by atoms with van der Waals surface area (Å²) in [5.41, 5.74) is 3.77. The van der Waals surface area contributed by atoms with E-state index < -0.39 is 11.6 Å². The average molecular weight is 505 g/mol. The molecule has 3 rings (SSSR count). The third-order valence-electron chi connectivity index (χ3n) is 6.13. The normalized spacial score (nSPS) is 12.1. The Hall–Kier alpha value is -3.11. The molecule has 3 aromatic rings. The predicted octanol–water partition coefficient (Wildman–Crippen LogP) is 6.39. The first-order chi connectivity index (χ1) is 17.2. The first-order valence-electron chi connectivity index (χ1n) is 12.6. The van der Waals surface area contributed by atoms with Crippen LogP contribution >= 0.6 is 11.6 Å². The van der Waals surface area contributed by atoms with Gasteiger partial charge in [0.2, 0.25) is 11.8 Å². The quantitative estimate of drug-likeness (QED) is 0.348. The maximum atomic E-state index is 13.8. The molecule has 190 valence electrons. The van der Waals surface area contributed by atoms with Crippen LogP contribution in [0.1, 0.15) is 56.4 Å². The van der Waals surface area contributed by atoms with Gasteiger partial charge in [-0.25, -0.2) is 0 Å². The molecular weight excluding hydrogens is 468 g/mol. The highest BCUT2D eigenvalue weighted by Crippen LogP contribution is 2.22. The SMILES string of the molecule is CCc1ccc(CCC(=O)N(Cc2ccccc2Cl)C(Cc2ccccc2)C(=O)NC(C)(C)C)cc1. The van der Waals surface area contributed by atoms with E-state index in [-0.39, 0.29) is 18.4 Å². The molecule has 0 aliphatic carbocycles. The summed E-state index contributed by atoms with van der Waals surface area (Å²) in [6, 6.07) is 25.0. The molecule has 0 aliphatic rings. The number of carbonyl (C=O) groups excluding carboxylic acids is 2. The summed E-state index contributed by atoms with van der Waals surface area (Å²) in [4.78, 5) is 29.1. The van der Waals surface area contributed by atoms with E-state index in [1.54, 1.807) is 4.90 Å². The minimum Gasteiger partial charge on any atom is -0.350 e. The Morgan fingerprint density at radius 2 is 1.47 bits per heavy atom. The monoisotopic (exact) mass is 504 g/mol. The van der Waals surface area contributed by atoms with Gasteiger partial charge in [0.05, 0.1) is 0 Å². The summed E-state index contributed by atoms with van der Waals surface area (Å²) in [5, 5.41) is 3.68. The first kappa shape index (κ1) is 27.5. The molecule has 2 amide bonds. The third-order valence-corrected chi connectivity index (χ3v) is 6.50. The van der Waals surface area contributed by atoms with E-state index >= 15 is 0 Å². The van der Waals surface area contributed by atoms with Crippen LogP contribution in [0.2, 0.25) is 5.02 Å². The lowest BCUT2D eigenvalue weighted by Gasteiger charge is -2.34. The van der Waals surface area contributed by atoms with Gasteiger partial charge in [0, 0.05) is 29.9 Å². The fourth-order valence-corrected chi connectivity index (χ4v) is 4.35. The van der Waals surface area contributed by atoms with Crippen molar-refractivity contribution in [3.05, 3.63) is 106 Å². The molecule has 5 heteroatoms. The van der Waals surface area contributed by atoms with E-state index in [0.29, 0.717) is 24.3 Å². The van der Waals surface area contributed by atoms with Crippen LogP contribution < -0.4 is 5.32 Å². The smallest absolute Gasteiger partial charge is 0.243 e. The highest BCUT2D eigenvalue weighted by molar-refractivity contribution is 6.31. The fraction of sp³-hybridized carbons (Fsp3) is 0.355. The van der Waals surface area contributed by atoms with Crippen molar-refractivity contribution in [2.24, 2.45) is 0 Å². The second-order valence-corrected chi connectivity index (χ2v) is 10.6. The van der Waals surface area contributed by atoms with E-state index in [9.17, 15) is 9.59 Å². The Labute approximate surface area is 220 Å². The molecule has 1 unspecified atom stereocenters. The van der Waals surface area contributed by atoms with Crippen LogP contribution in [0.3, 0.4) is 0 Å². The van der Waals surface area contributed by atoms with E-state index in [0.717, 1.165) is 23.1 Å². The van der Waals surface area contributed by atoms with Crippen molar-refractivity contribution in [3.63, 3.8) is 0 Å². The minimum atomic E-state index is -0.669. The Balaban J connectivity index is 1.92. The lowest BCUT2D eigenvalue weighted by Crippen LogP contribution is -2.54. The van der Waals surface area contributed by atoms with Crippen molar-refractivity contribution in [3.8, 4) is 0 Å². The van der Waals surface area contributed by atoms with E-state index in [2.05, 4.69) is 36.5 Å². The summed E-state index contributed by atoms with van der Waals surface area (Å²) in [5.74, 6) is -0.237. The van der Waals surface area contributed by atoms with Gasteiger partial charge in [0.15, 0.2) is 0 Å². The maximum Gasteiger partial charge on any atom is 0.243 e. The van der Waals surface area contributed by atoms with Crippen molar-refractivity contribution in [2.75, 3.05) is 0 Å². The summed E-state index contributed by atoms with van der Waals surface area (Å²) in [7, 11) is 0. The molecule has 0 saturated carbocycles. The van der Waals surface area contributed by atoms with Crippen molar-refractivity contribution in [2.45, 2.75) is 71.5 Å². The number of benzene rings is 3. The molecule has 0 bridgehead atoms. The number of nitrogens with zero attached hydrogens (tertiary/aromatic N) is 1. The predicted molar refractivity (Wildman–Crippen MR) is 148 cm³/mol. The van der Waals surface area contributed by atoms with Crippen molar-refractivity contribution in [1.82, 2.24) is 10.2 Å². The maximum absolute atomic E-state index is 13.8. The first-order valence-corrected chi connectivity index (χ1v) is 13.0. The summed E-state index contributed by atoms with van der Waals surface area (Å²) >= 11 is 6.49. The lowest BCUT2D eigenvalue weighted by atomic mass is 9.99. The van der Waals surface area contributed by atoms with Crippen LogP contribution in [0.5, 0.6) is 0 Å². The van der Waals surface area contributed by atoms with Crippen LogP contribution in [0.15, 0.2) is 78.9 Å². The number of carbonyl (C=O) groups is 2. The van der Waals surface area contributed by atoms with E-state index in [1.807, 2.05) is 75.4 Å². The molecule has 0 saturated heterocycles. The van der Waals surface area contributed by atoms with Gasteiger partial charge in [-0.15, -0.1) is 0 Å². The zero-order chi connectivity index (χ0) is 26.1. The molecule has 0 radical (unpaired) electrons. The fourth-order valence-electron chi connectivity index (χ4n) is 4.15. The largest absolute Gasteiger partial charge is 0.350 e. The number of rotatable bonds is 10. The summed E-state index contributed by atoms with van der Waals surface area (Å²) < 4.78 is 0. The molecule has 0 fully saturated rings. The molecule has 1 N–H and O–H groups in total. The van der Waals surface area contributed by atoms with Crippen molar-refractivity contribution >= 4 is 23.4 Å². The average Bonchev–Trinajstić information content (AvgIpc) is 2.85. The summed E-state index contributed by atoms with van der Waals surface area (Å²) in [6.07, 6.45) is 2.32. The van der Waals surface area contributed by atoms with Gasteiger partial charge in [-0.05, 0) is 61.9 Å². The molecular formula is C31H37ClN2O2. The van der Waals surface area contributed by atoms with Gasteiger partial charge >= 0.3 is 0 Å². The number of nitrogens with one attached hydrogen (secondary N) is 1. The molecule has 1 atom stereocenters. The van der Waals surface area contributed by atoms with E-state index in [4.69, 9.17) is 11.6 Å². The summed E-state index contributed by atoms with van der Waals surface area (Å²) in [6.45, 7) is 8.24. The van der Waals surface area contributed by atoms with Gasteiger partial charge in [-0.2, -0.15) is 0 Å². The van der Waals surface area contributed by atoms with Gasteiger partial charge in [0.1, 0.15) is 6.04 Å². The Bertz CT molecular complexity index is 1140. The molecule has 0 aromatic heterocycles. The lowest BCUT2D eigenvalue weighted by molar-refractivity contribution is -0.141. The van der Waals surface area contributed by atoms with E-state index in [1.165, 1.54) is 5.56 Å². The highest BCUT2D eigenvalue weighted by atomic mass is 35.5. The topological polar surface area (TPSA) is 49.4 Å². The van der Waals surface area contributed by atoms with Gasteiger partial charge in [0.25, 0.3) is 0 Å². The highest BCUT2D eigenvalue weighted by Gasteiger charge is 2.32. The van der Waals surface area contributed by atoms with Crippen molar-refractivity contribution in [1.29, 1.82) is 0 Å². The second-order valence-electron chi connectivity index (χ2n) is 10.2. The standard InChI is InChI=1S/C31H37ClN2O2/c1-5-23-15-17-24(18-16-23)19-20-29(35)34(22-26-13-9-10-14-27(26)32)28(30(36)33-31(2,3)4)21-25-11-7-6-8-12-25/h6-18,28H,5,19-22H2,1-4H3,(H,33,36). The van der Waals surface area contributed by atoms with Crippen LogP contribution in [0.4, 0.5) is 0 Å². The molecule has 0 spiro atoms.